The molecular weight excluding hydrogens is 274 g/mol. The Kier molecular flexibility index (Phi) is 5.78. The molecule has 0 saturated carbocycles. The summed E-state index contributed by atoms with van der Waals surface area (Å²) < 4.78 is 5.58. The van der Waals surface area contributed by atoms with Gasteiger partial charge >= 0.3 is 0 Å². The zero-order valence-corrected chi connectivity index (χ0v) is 12.8. The minimum atomic E-state index is -0.172. The minimum absolute atomic E-state index is 0.172. The third-order valence-electron chi connectivity index (χ3n) is 3.27. The first-order valence-electron chi connectivity index (χ1n) is 7.49. The van der Waals surface area contributed by atoms with Crippen LogP contribution in [0.25, 0.3) is 5.70 Å². The molecule has 0 fully saturated rings. The van der Waals surface area contributed by atoms with Gasteiger partial charge in [0, 0.05) is 11.3 Å². The summed E-state index contributed by atoms with van der Waals surface area (Å²) >= 11 is 0. The van der Waals surface area contributed by atoms with Gasteiger partial charge in [-0.2, -0.15) is 0 Å². The molecule has 3 nitrogen and oxygen atoms in total. The van der Waals surface area contributed by atoms with Crippen LogP contribution in [0.1, 0.15) is 35.7 Å². The van der Waals surface area contributed by atoms with E-state index in [1.165, 1.54) is 0 Å². The quantitative estimate of drug-likeness (QED) is 0.775. The molecule has 0 aromatic heterocycles. The summed E-state index contributed by atoms with van der Waals surface area (Å²) in [5, 5.41) is 2.81. The van der Waals surface area contributed by atoms with Gasteiger partial charge < -0.3 is 10.1 Å². The third kappa shape index (κ3) is 4.48. The number of nitrogens with one attached hydrogen (secondary N) is 1. The molecule has 2 rings (SSSR count). The van der Waals surface area contributed by atoms with Crippen molar-refractivity contribution in [1.29, 1.82) is 0 Å². The fraction of sp³-hybridized carbons (Fsp3) is 0.211. The van der Waals surface area contributed by atoms with E-state index < -0.39 is 0 Å². The first kappa shape index (κ1) is 15.8. The van der Waals surface area contributed by atoms with E-state index in [9.17, 15) is 4.79 Å². The molecule has 1 amide bonds. The van der Waals surface area contributed by atoms with Crippen LogP contribution in [0.2, 0.25) is 0 Å². The van der Waals surface area contributed by atoms with Crippen LogP contribution in [0, 0.1) is 0 Å². The standard InChI is InChI=1S/C19H21NO2/c1-3-4-14-22-18-12-10-17(11-13-18)19(21)20-15(2)16-8-6-5-7-9-16/h5-13H,2-4,14H2,1H3,(H,20,21). The first-order chi connectivity index (χ1) is 10.7. The Morgan fingerprint density at radius 3 is 2.36 bits per heavy atom. The summed E-state index contributed by atoms with van der Waals surface area (Å²) in [6.45, 7) is 6.72. The number of amides is 1. The van der Waals surface area contributed by atoms with Crippen molar-refractivity contribution in [2.45, 2.75) is 19.8 Å². The van der Waals surface area contributed by atoms with Crippen molar-refractivity contribution >= 4 is 11.6 Å². The molecule has 2 aromatic rings. The van der Waals surface area contributed by atoms with Crippen molar-refractivity contribution in [3.63, 3.8) is 0 Å². The average Bonchev–Trinajstić information content (AvgIpc) is 2.56. The highest BCUT2D eigenvalue weighted by atomic mass is 16.5. The molecule has 0 radical (unpaired) electrons. The van der Waals surface area contributed by atoms with Gasteiger partial charge in [-0.05, 0) is 36.2 Å². The van der Waals surface area contributed by atoms with Gasteiger partial charge in [-0.3, -0.25) is 4.79 Å². The molecule has 0 unspecified atom stereocenters. The Bertz CT molecular complexity index is 618. The number of rotatable bonds is 7. The van der Waals surface area contributed by atoms with Crippen molar-refractivity contribution in [2.75, 3.05) is 6.61 Å². The van der Waals surface area contributed by atoms with E-state index in [2.05, 4.69) is 18.8 Å². The van der Waals surface area contributed by atoms with E-state index >= 15 is 0 Å². The fourth-order valence-electron chi connectivity index (χ4n) is 1.96. The lowest BCUT2D eigenvalue weighted by Crippen LogP contribution is -2.21. The van der Waals surface area contributed by atoms with Crippen LogP contribution in [-0.2, 0) is 0 Å². The largest absolute Gasteiger partial charge is 0.494 e. The van der Waals surface area contributed by atoms with Gasteiger partial charge in [0.2, 0.25) is 0 Å². The second-order valence-electron chi connectivity index (χ2n) is 5.03. The summed E-state index contributed by atoms with van der Waals surface area (Å²) in [4.78, 5) is 12.2. The van der Waals surface area contributed by atoms with E-state index in [0.717, 1.165) is 24.2 Å². The van der Waals surface area contributed by atoms with E-state index in [-0.39, 0.29) is 5.91 Å². The van der Waals surface area contributed by atoms with Crippen LogP contribution < -0.4 is 10.1 Å². The molecule has 0 spiro atoms. The molecule has 0 aliphatic carbocycles. The Morgan fingerprint density at radius 2 is 1.73 bits per heavy atom. The first-order valence-corrected chi connectivity index (χ1v) is 7.49. The normalized spacial score (nSPS) is 10.0. The molecule has 0 atom stereocenters. The van der Waals surface area contributed by atoms with Crippen molar-refractivity contribution in [3.8, 4) is 5.75 Å². The Morgan fingerprint density at radius 1 is 1.05 bits per heavy atom. The molecule has 0 bridgehead atoms. The van der Waals surface area contributed by atoms with E-state index in [1.54, 1.807) is 12.1 Å². The number of ether oxygens (including phenoxy) is 1. The monoisotopic (exact) mass is 295 g/mol. The van der Waals surface area contributed by atoms with E-state index in [0.29, 0.717) is 17.9 Å². The van der Waals surface area contributed by atoms with E-state index in [4.69, 9.17) is 4.74 Å². The van der Waals surface area contributed by atoms with Crippen LogP contribution in [0.5, 0.6) is 5.75 Å². The lowest BCUT2D eigenvalue weighted by atomic mass is 10.1. The van der Waals surface area contributed by atoms with Crippen LogP contribution in [-0.4, -0.2) is 12.5 Å². The number of hydrogen-bond donors (Lipinski definition) is 1. The predicted molar refractivity (Wildman–Crippen MR) is 89.8 cm³/mol. The van der Waals surface area contributed by atoms with Crippen LogP contribution in [0.15, 0.2) is 61.2 Å². The van der Waals surface area contributed by atoms with Gasteiger partial charge in [0.1, 0.15) is 5.75 Å². The summed E-state index contributed by atoms with van der Waals surface area (Å²) in [5.74, 6) is 0.612. The van der Waals surface area contributed by atoms with Gasteiger partial charge in [-0.1, -0.05) is 50.3 Å². The highest BCUT2D eigenvalue weighted by Crippen LogP contribution is 2.14. The zero-order valence-electron chi connectivity index (χ0n) is 12.8. The Hall–Kier alpha value is -2.55. The van der Waals surface area contributed by atoms with Crippen molar-refractivity contribution in [2.24, 2.45) is 0 Å². The number of hydrogen-bond acceptors (Lipinski definition) is 2. The van der Waals surface area contributed by atoms with Gasteiger partial charge in [0.25, 0.3) is 5.91 Å². The summed E-state index contributed by atoms with van der Waals surface area (Å²) in [7, 11) is 0. The smallest absolute Gasteiger partial charge is 0.255 e. The topological polar surface area (TPSA) is 38.3 Å². The maximum atomic E-state index is 12.2. The third-order valence-corrected chi connectivity index (χ3v) is 3.27. The predicted octanol–water partition coefficient (Wildman–Crippen LogP) is 4.27. The highest BCUT2D eigenvalue weighted by molar-refractivity contribution is 5.99. The maximum Gasteiger partial charge on any atom is 0.255 e. The molecule has 1 N–H and O–H groups in total. The van der Waals surface area contributed by atoms with Gasteiger partial charge in [-0.15, -0.1) is 0 Å². The summed E-state index contributed by atoms with van der Waals surface area (Å²) in [6.07, 6.45) is 2.13. The molecule has 0 aliphatic heterocycles. The number of unbranched alkanes of at least 4 members (excludes halogenated alkanes) is 1. The van der Waals surface area contributed by atoms with Crippen molar-refractivity contribution in [3.05, 3.63) is 72.3 Å². The summed E-state index contributed by atoms with van der Waals surface area (Å²) in [6, 6.07) is 16.7. The lowest BCUT2D eigenvalue weighted by molar-refractivity contribution is 0.0974. The van der Waals surface area contributed by atoms with Crippen LogP contribution in [0.3, 0.4) is 0 Å². The average molecular weight is 295 g/mol. The van der Waals surface area contributed by atoms with E-state index in [1.807, 2.05) is 42.5 Å². The lowest BCUT2D eigenvalue weighted by Gasteiger charge is -2.09. The van der Waals surface area contributed by atoms with Gasteiger partial charge in [0.15, 0.2) is 0 Å². The zero-order chi connectivity index (χ0) is 15.8. The SMILES string of the molecule is C=C(NC(=O)c1ccc(OCCCC)cc1)c1ccccc1. The molecule has 0 aliphatic rings. The molecule has 22 heavy (non-hydrogen) atoms. The fourth-order valence-corrected chi connectivity index (χ4v) is 1.96. The van der Waals surface area contributed by atoms with Gasteiger partial charge in [0.05, 0.1) is 6.61 Å². The summed E-state index contributed by atoms with van der Waals surface area (Å²) in [5.41, 5.74) is 2.07. The minimum Gasteiger partial charge on any atom is -0.494 e. The molecule has 0 heterocycles. The molecular formula is C19H21NO2. The van der Waals surface area contributed by atoms with Gasteiger partial charge in [-0.25, -0.2) is 0 Å². The number of carbonyl (C=O) groups is 1. The van der Waals surface area contributed by atoms with Crippen LogP contribution in [0.4, 0.5) is 0 Å². The number of carbonyl (C=O) groups excluding carboxylic acids is 1. The second-order valence-corrected chi connectivity index (χ2v) is 5.03. The molecule has 0 saturated heterocycles. The molecule has 2 aromatic carbocycles. The molecule has 3 heteroatoms. The van der Waals surface area contributed by atoms with Crippen molar-refractivity contribution in [1.82, 2.24) is 5.32 Å². The number of benzene rings is 2. The Balaban J connectivity index is 1.94. The van der Waals surface area contributed by atoms with Crippen LogP contribution >= 0.6 is 0 Å². The van der Waals surface area contributed by atoms with Crippen molar-refractivity contribution < 1.29 is 9.53 Å². The maximum absolute atomic E-state index is 12.2. The Labute approximate surface area is 131 Å². The highest BCUT2D eigenvalue weighted by Gasteiger charge is 2.08. The molecule has 114 valence electrons. The second kappa shape index (κ2) is 8.03.